The van der Waals surface area contributed by atoms with Gasteiger partial charge in [-0.15, -0.1) is 0 Å². The number of hydrogen-bond donors (Lipinski definition) is 0. The number of ether oxygens (including phenoxy) is 1. The van der Waals surface area contributed by atoms with Crippen molar-refractivity contribution in [1.82, 2.24) is 4.90 Å². The number of amides is 1. The molecule has 2 rings (SSSR count). The number of carbonyl (C=O) groups is 2. The topological polar surface area (TPSA) is 89.8 Å². The maximum atomic E-state index is 12.2. The Kier molecular flexibility index (Phi) is 6.68. The number of benzene rings is 1. The number of esters is 1. The van der Waals surface area contributed by atoms with E-state index >= 15 is 0 Å². The van der Waals surface area contributed by atoms with Crippen LogP contribution >= 0.6 is 0 Å². The summed E-state index contributed by atoms with van der Waals surface area (Å²) in [6.45, 7) is 2.47. The molecule has 25 heavy (non-hydrogen) atoms. The predicted octanol–water partition coefficient (Wildman–Crippen LogP) is 2.94. The van der Waals surface area contributed by atoms with E-state index < -0.39 is 10.9 Å². The molecule has 1 aromatic rings. The molecular formula is C18H22N2O5. The Morgan fingerprint density at radius 1 is 1.40 bits per heavy atom. The fraction of sp³-hybridized carbons (Fsp3) is 0.444. The molecule has 134 valence electrons. The van der Waals surface area contributed by atoms with Gasteiger partial charge in [0, 0.05) is 30.8 Å². The van der Waals surface area contributed by atoms with E-state index in [4.69, 9.17) is 4.74 Å². The first-order valence-corrected chi connectivity index (χ1v) is 8.40. The van der Waals surface area contributed by atoms with E-state index in [1.54, 1.807) is 11.0 Å². The van der Waals surface area contributed by atoms with Crippen LogP contribution in [0.1, 0.15) is 38.2 Å². The van der Waals surface area contributed by atoms with Crippen LogP contribution in [0.4, 0.5) is 5.69 Å². The molecule has 0 unspecified atom stereocenters. The molecule has 1 saturated heterocycles. The number of nitro groups is 1. The molecule has 7 heteroatoms. The van der Waals surface area contributed by atoms with Gasteiger partial charge in [0.2, 0.25) is 0 Å². The predicted molar refractivity (Wildman–Crippen MR) is 92.7 cm³/mol. The van der Waals surface area contributed by atoms with Crippen LogP contribution in [0, 0.1) is 10.1 Å². The molecule has 7 nitrogen and oxygen atoms in total. The Morgan fingerprint density at radius 2 is 2.20 bits per heavy atom. The number of likely N-dealkylation sites (tertiary alicyclic amines) is 1. The van der Waals surface area contributed by atoms with Crippen molar-refractivity contribution in [2.24, 2.45) is 0 Å². The van der Waals surface area contributed by atoms with Crippen molar-refractivity contribution in [3.8, 4) is 0 Å². The number of non-ortho nitro benzene ring substituents is 1. The highest BCUT2D eigenvalue weighted by Gasteiger charge is 2.25. The molecule has 1 heterocycles. The van der Waals surface area contributed by atoms with Crippen molar-refractivity contribution < 1.29 is 19.2 Å². The van der Waals surface area contributed by atoms with Gasteiger partial charge in [-0.3, -0.25) is 14.9 Å². The van der Waals surface area contributed by atoms with Crippen LogP contribution in [-0.2, 0) is 14.3 Å². The molecule has 1 aliphatic rings. The maximum Gasteiger partial charge on any atom is 0.331 e. The van der Waals surface area contributed by atoms with Crippen molar-refractivity contribution in [1.29, 1.82) is 0 Å². The van der Waals surface area contributed by atoms with Crippen LogP contribution < -0.4 is 0 Å². The molecule has 1 aromatic carbocycles. The van der Waals surface area contributed by atoms with Crippen molar-refractivity contribution in [3.63, 3.8) is 0 Å². The van der Waals surface area contributed by atoms with Crippen LogP contribution in [0.2, 0.25) is 0 Å². The molecule has 0 radical (unpaired) electrons. The van der Waals surface area contributed by atoms with Gasteiger partial charge in [0.1, 0.15) is 0 Å². The van der Waals surface area contributed by atoms with Gasteiger partial charge in [0.05, 0.1) is 4.92 Å². The Balaban J connectivity index is 1.86. The number of piperidine rings is 1. The highest BCUT2D eigenvalue weighted by atomic mass is 16.6. The molecular weight excluding hydrogens is 324 g/mol. The molecule has 0 N–H and O–H groups in total. The Labute approximate surface area is 146 Å². The van der Waals surface area contributed by atoms with Crippen molar-refractivity contribution >= 4 is 23.6 Å². The van der Waals surface area contributed by atoms with Gasteiger partial charge in [0.25, 0.3) is 11.6 Å². The standard InChI is InChI=1S/C18H22N2O5/c1-2-15-7-3-4-11-19(15)17(21)13-25-18(22)10-9-14-6-5-8-16(12-14)20(23)24/h5-6,8-10,12,15H,2-4,7,11,13H2,1H3/b10-9+/t15-/m1/s1. The second-order valence-corrected chi connectivity index (χ2v) is 5.94. The van der Waals surface area contributed by atoms with Crippen LogP contribution in [0.15, 0.2) is 30.3 Å². The Morgan fingerprint density at radius 3 is 2.92 bits per heavy atom. The van der Waals surface area contributed by atoms with Crippen LogP contribution in [0.25, 0.3) is 6.08 Å². The lowest BCUT2D eigenvalue weighted by atomic mass is 10.00. The van der Waals surface area contributed by atoms with Gasteiger partial charge >= 0.3 is 5.97 Å². The number of rotatable bonds is 6. The van der Waals surface area contributed by atoms with Gasteiger partial charge in [-0.25, -0.2) is 4.79 Å². The van der Waals surface area contributed by atoms with E-state index in [1.807, 2.05) is 6.92 Å². The van der Waals surface area contributed by atoms with Crippen molar-refractivity contribution in [3.05, 3.63) is 46.0 Å². The summed E-state index contributed by atoms with van der Waals surface area (Å²) in [5.74, 6) is -0.825. The van der Waals surface area contributed by atoms with Gasteiger partial charge in [-0.1, -0.05) is 19.1 Å². The summed E-state index contributed by atoms with van der Waals surface area (Å²) in [7, 11) is 0. The fourth-order valence-electron chi connectivity index (χ4n) is 2.92. The van der Waals surface area contributed by atoms with Crippen molar-refractivity contribution in [2.45, 2.75) is 38.6 Å². The van der Waals surface area contributed by atoms with Gasteiger partial charge in [0.15, 0.2) is 6.61 Å². The molecule has 1 fully saturated rings. The normalized spacial score (nSPS) is 17.5. The number of nitrogens with zero attached hydrogens (tertiary/aromatic N) is 2. The zero-order valence-electron chi connectivity index (χ0n) is 14.2. The third-order valence-electron chi connectivity index (χ3n) is 4.25. The average molecular weight is 346 g/mol. The third kappa shape index (κ3) is 5.41. The maximum absolute atomic E-state index is 12.2. The zero-order chi connectivity index (χ0) is 18.2. The first-order chi connectivity index (χ1) is 12.0. The minimum absolute atomic E-state index is 0.0543. The van der Waals surface area contributed by atoms with Gasteiger partial charge in [-0.05, 0) is 37.3 Å². The SMILES string of the molecule is CC[C@@H]1CCCCN1C(=O)COC(=O)/C=C/c1cccc([N+](=O)[O-])c1. The van der Waals surface area contributed by atoms with Crippen LogP contribution in [0.5, 0.6) is 0 Å². The second kappa shape index (κ2) is 8.96. The van der Waals surface area contributed by atoms with Gasteiger partial charge < -0.3 is 9.64 Å². The molecule has 0 aliphatic carbocycles. The summed E-state index contributed by atoms with van der Waals surface area (Å²) < 4.78 is 5.00. The summed E-state index contributed by atoms with van der Waals surface area (Å²) in [6.07, 6.45) is 6.57. The molecule has 1 aliphatic heterocycles. The monoisotopic (exact) mass is 346 g/mol. The molecule has 0 saturated carbocycles. The lowest BCUT2D eigenvalue weighted by molar-refractivity contribution is -0.384. The average Bonchev–Trinajstić information content (AvgIpc) is 2.64. The summed E-state index contributed by atoms with van der Waals surface area (Å²) in [6, 6.07) is 6.13. The molecule has 0 spiro atoms. The van der Waals surface area contributed by atoms with E-state index in [9.17, 15) is 19.7 Å². The van der Waals surface area contributed by atoms with E-state index in [2.05, 4.69) is 0 Å². The zero-order valence-corrected chi connectivity index (χ0v) is 14.2. The highest BCUT2D eigenvalue weighted by Crippen LogP contribution is 2.19. The van der Waals surface area contributed by atoms with Crippen LogP contribution in [-0.4, -0.2) is 40.9 Å². The second-order valence-electron chi connectivity index (χ2n) is 5.94. The summed E-state index contributed by atoms with van der Waals surface area (Å²) in [4.78, 5) is 36.0. The Bertz CT molecular complexity index is 671. The number of nitro benzene ring substituents is 1. The molecule has 0 aromatic heterocycles. The lowest BCUT2D eigenvalue weighted by Crippen LogP contribution is -2.45. The van der Waals surface area contributed by atoms with E-state index in [0.717, 1.165) is 25.7 Å². The third-order valence-corrected chi connectivity index (χ3v) is 4.25. The molecule has 0 bridgehead atoms. The largest absolute Gasteiger partial charge is 0.452 e. The summed E-state index contributed by atoms with van der Waals surface area (Å²) in [5, 5.41) is 10.7. The number of hydrogen-bond acceptors (Lipinski definition) is 5. The smallest absolute Gasteiger partial charge is 0.331 e. The quantitative estimate of drug-likeness (QED) is 0.342. The van der Waals surface area contributed by atoms with E-state index in [1.165, 1.54) is 30.4 Å². The minimum atomic E-state index is -0.648. The van der Waals surface area contributed by atoms with Crippen molar-refractivity contribution in [2.75, 3.05) is 13.2 Å². The summed E-state index contributed by atoms with van der Waals surface area (Å²) in [5.41, 5.74) is 0.459. The number of carbonyl (C=O) groups excluding carboxylic acids is 2. The molecule has 1 atom stereocenters. The Hall–Kier alpha value is -2.70. The van der Waals surface area contributed by atoms with Gasteiger partial charge in [-0.2, -0.15) is 0 Å². The molecule has 1 amide bonds. The van der Waals surface area contributed by atoms with Crippen LogP contribution in [0.3, 0.4) is 0 Å². The first-order valence-electron chi connectivity index (χ1n) is 8.40. The van der Waals surface area contributed by atoms with E-state index in [-0.39, 0.29) is 24.2 Å². The lowest BCUT2D eigenvalue weighted by Gasteiger charge is -2.35. The minimum Gasteiger partial charge on any atom is -0.452 e. The first kappa shape index (κ1) is 18.6. The summed E-state index contributed by atoms with van der Waals surface area (Å²) >= 11 is 0. The highest BCUT2D eigenvalue weighted by molar-refractivity contribution is 5.89. The van der Waals surface area contributed by atoms with E-state index in [0.29, 0.717) is 12.1 Å². The fourth-order valence-corrected chi connectivity index (χ4v) is 2.92.